The monoisotopic (exact) mass is 344 g/mol. The molecule has 2 N–H and O–H groups in total. The minimum atomic E-state index is -1.08. The lowest BCUT2D eigenvalue weighted by Gasteiger charge is -2.41. The van der Waals surface area contributed by atoms with Gasteiger partial charge in [-0.25, -0.2) is 0 Å². The Morgan fingerprint density at radius 2 is 1.32 bits per heavy atom. The Morgan fingerprint density at radius 3 is 1.88 bits per heavy atom. The van der Waals surface area contributed by atoms with Crippen LogP contribution in [0.2, 0.25) is 0 Å². The van der Waals surface area contributed by atoms with E-state index in [1.807, 2.05) is 60.7 Å². The molecule has 0 radical (unpaired) electrons. The maximum absolute atomic E-state index is 10.4. The average Bonchev–Trinajstić information content (AvgIpc) is 2.65. The van der Waals surface area contributed by atoms with E-state index in [1.54, 1.807) is 6.92 Å². The van der Waals surface area contributed by atoms with E-state index in [1.165, 1.54) is 0 Å². The average molecular weight is 344 g/mol. The van der Waals surface area contributed by atoms with E-state index in [-0.39, 0.29) is 0 Å². The van der Waals surface area contributed by atoms with Crippen molar-refractivity contribution in [1.82, 2.24) is 0 Å². The highest BCUT2D eigenvalue weighted by atomic mass is 16.7. The Kier molecular flexibility index (Phi) is 6.18. The lowest BCUT2D eigenvalue weighted by Crippen LogP contribution is -2.58. The molecule has 1 aliphatic rings. The molecule has 0 aliphatic carbocycles. The van der Waals surface area contributed by atoms with Gasteiger partial charge in [-0.1, -0.05) is 60.7 Å². The summed E-state index contributed by atoms with van der Waals surface area (Å²) >= 11 is 0. The number of ether oxygens (including phenoxy) is 3. The van der Waals surface area contributed by atoms with E-state index in [0.29, 0.717) is 13.2 Å². The van der Waals surface area contributed by atoms with Crippen molar-refractivity contribution in [2.75, 3.05) is 0 Å². The predicted molar refractivity (Wildman–Crippen MR) is 92.6 cm³/mol. The first-order valence-electron chi connectivity index (χ1n) is 8.48. The molecule has 1 aliphatic heterocycles. The third kappa shape index (κ3) is 4.66. The van der Waals surface area contributed by atoms with Gasteiger partial charge in [0.25, 0.3) is 0 Å². The number of hydrogen-bond acceptors (Lipinski definition) is 5. The zero-order valence-electron chi connectivity index (χ0n) is 14.2. The van der Waals surface area contributed by atoms with Gasteiger partial charge in [-0.3, -0.25) is 0 Å². The van der Waals surface area contributed by atoms with E-state index < -0.39 is 30.7 Å². The first kappa shape index (κ1) is 18.0. The second-order valence-electron chi connectivity index (χ2n) is 6.25. The van der Waals surface area contributed by atoms with Crippen molar-refractivity contribution in [1.29, 1.82) is 0 Å². The normalized spacial score (nSPS) is 29.5. The minimum Gasteiger partial charge on any atom is -0.388 e. The second-order valence-corrected chi connectivity index (χ2v) is 6.25. The molecule has 5 heteroatoms. The van der Waals surface area contributed by atoms with Crippen LogP contribution in [0, 0.1) is 0 Å². The molecule has 0 amide bonds. The number of hydrogen-bond donors (Lipinski definition) is 2. The van der Waals surface area contributed by atoms with Gasteiger partial charge in [0, 0.05) is 0 Å². The van der Waals surface area contributed by atoms with Crippen LogP contribution in [-0.2, 0) is 27.4 Å². The predicted octanol–water partition coefficient (Wildman–Crippen LogP) is 2.26. The molecular weight excluding hydrogens is 320 g/mol. The van der Waals surface area contributed by atoms with Crippen molar-refractivity contribution in [3.63, 3.8) is 0 Å². The Bertz CT molecular complexity index is 633. The SMILES string of the molecule is C[C@@H]1OC(OCc2ccccc2)[C@@H](OCc2ccccc2)[C@H](O)[C@@H]1O. The summed E-state index contributed by atoms with van der Waals surface area (Å²) < 4.78 is 17.4. The van der Waals surface area contributed by atoms with E-state index in [0.717, 1.165) is 11.1 Å². The van der Waals surface area contributed by atoms with Crippen LogP contribution in [0.1, 0.15) is 18.1 Å². The van der Waals surface area contributed by atoms with Crippen LogP contribution in [0.4, 0.5) is 0 Å². The summed E-state index contributed by atoms with van der Waals surface area (Å²) in [5.74, 6) is 0. The van der Waals surface area contributed by atoms with Gasteiger partial charge in [-0.05, 0) is 18.1 Å². The Balaban J connectivity index is 1.66. The topological polar surface area (TPSA) is 68.2 Å². The van der Waals surface area contributed by atoms with Crippen LogP contribution >= 0.6 is 0 Å². The van der Waals surface area contributed by atoms with Gasteiger partial charge in [0.2, 0.25) is 0 Å². The summed E-state index contributed by atoms with van der Waals surface area (Å²) in [5, 5.41) is 20.5. The maximum atomic E-state index is 10.4. The summed E-state index contributed by atoms with van der Waals surface area (Å²) in [7, 11) is 0. The van der Waals surface area contributed by atoms with Crippen LogP contribution in [0.5, 0.6) is 0 Å². The van der Waals surface area contributed by atoms with Crippen molar-refractivity contribution >= 4 is 0 Å². The zero-order valence-corrected chi connectivity index (χ0v) is 14.2. The molecule has 2 aromatic rings. The van der Waals surface area contributed by atoms with E-state index in [4.69, 9.17) is 14.2 Å². The van der Waals surface area contributed by atoms with Crippen molar-refractivity contribution in [2.24, 2.45) is 0 Å². The summed E-state index contributed by atoms with van der Waals surface area (Å²) in [5.41, 5.74) is 1.98. The fourth-order valence-corrected chi connectivity index (χ4v) is 2.83. The van der Waals surface area contributed by atoms with Gasteiger partial charge in [0.1, 0.15) is 18.3 Å². The van der Waals surface area contributed by atoms with Gasteiger partial charge >= 0.3 is 0 Å². The molecule has 2 aromatic carbocycles. The van der Waals surface area contributed by atoms with Gasteiger partial charge in [0.15, 0.2) is 6.29 Å². The van der Waals surface area contributed by atoms with Crippen molar-refractivity contribution in [2.45, 2.75) is 50.8 Å². The highest BCUT2D eigenvalue weighted by Gasteiger charge is 2.44. The van der Waals surface area contributed by atoms with Gasteiger partial charge in [-0.15, -0.1) is 0 Å². The lowest BCUT2D eigenvalue weighted by atomic mass is 9.99. The van der Waals surface area contributed by atoms with Crippen LogP contribution in [-0.4, -0.2) is 40.9 Å². The molecule has 5 atom stereocenters. The van der Waals surface area contributed by atoms with Crippen LogP contribution in [0.25, 0.3) is 0 Å². The fourth-order valence-electron chi connectivity index (χ4n) is 2.83. The molecule has 3 rings (SSSR count). The summed E-state index contributed by atoms with van der Waals surface area (Å²) in [6, 6.07) is 19.4. The largest absolute Gasteiger partial charge is 0.388 e. The summed E-state index contributed by atoms with van der Waals surface area (Å²) in [4.78, 5) is 0. The molecule has 134 valence electrons. The molecule has 0 saturated carbocycles. The summed E-state index contributed by atoms with van der Waals surface area (Å²) in [6.45, 7) is 2.35. The van der Waals surface area contributed by atoms with Crippen molar-refractivity contribution in [3.05, 3.63) is 71.8 Å². The van der Waals surface area contributed by atoms with Gasteiger partial charge < -0.3 is 24.4 Å². The quantitative estimate of drug-likeness (QED) is 0.841. The number of benzene rings is 2. The molecule has 1 unspecified atom stereocenters. The molecule has 0 aromatic heterocycles. The highest BCUT2D eigenvalue weighted by Crippen LogP contribution is 2.26. The number of aliphatic hydroxyl groups excluding tert-OH is 2. The number of aliphatic hydroxyl groups is 2. The Labute approximate surface area is 147 Å². The molecule has 0 bridgehead atoms. The molecule has 5 nitrogen and oxygen atoms in total. The van der Waals surface area contributed by atoms with Gasteiger partial charge in [0.05, 0.1) is 19.3 Å². The zero-order chi connectivity index (χ0) is 17.6. The highest BCUT2D eigenvalue weighted by molar-refractivity contribution is 5.14. The fraction of sp³-hybridized carbons (Fsp3) is 0.400. The molecule has 1 saturated heterocycles. The third-order valence-corrected chi connectivity index (χ3v) is 4.33. The van der Waals surface area contributed by atoms with Crippen LogP contribution < -0.4 is 0 Å². The van der Waals surface area contributed by atoms with E-state index >= 15 is 0 Å². The van der Waals surface area contributed by atoms with E-state index in [2.05, 4.69) is 0 Å². The van der Waals surface area contributed by atoms with Crippen molar-refractivity contribution < 1.29 is 24.4 Å². The van der Waals surface area contributed by atoms with Crippen LogP contribution in [0.15, 0.2) is 60.7 Å². The maximum Gasteiger partial charge on any atom is 0.187 e. The minimum absolute atomic E-state index is 0.304. The molecule has 0 spiro atoms. The van der Waals surface area contributed by atoms with Crippen LogP contribution in [0.3, 0.4) is 0 Å². The molecule has 1 heterocycles. The van der Waals surface area contributed by atoms with Crippen molar-refractivity contribution in [3.8, 4) is 0 Å². The van der Waals surface area contributed by atoms with Gasteiger partial charge in [-0.2, -0.15) is 0 Å². The molecule has 25 heavy (non-hydrogen) atoms. The summed E-state index contributed by atoms with van der Waals surface area (Å²) in [6.07, 6.45) is -4.15. The smallest absolute Gasteiger partial charge is 0.187 e. The second kappa shape index (κ2) is 8.56. The standard InChI is InChI=1S/C20H24O5/c1-14-17(21)18(22)19(23-12-15-8-4-2-5-9-15)20(25-14)24-13-16-10-6-3-7-11-16/h2-11,14,17-22H,12-13H2,1H3/t14-,17+,18+,19-,20?/m0/s1. The Morgan fingerprint density at radius 1 is 0.800 bits per heavy atom. The third-order valence-electron chi connectivity index (χ3n) is 4.33. The first-order valence-corrected chi connectivity index (χ1v) is 8.48. The lowest BCUT2D eigenvalue weighted by molar-refractivity contribution is -0.307. The van der Waals surface area contributed by atoms with E-state index in [9.17, 15) is 10.2 Å². The Hall–Kier alpha value is -1.76. The molecule has 1 fully saturated rings. The first-order chi connectivity index (χ1) is 12.1. The number of rotatable bonds is 6. The molecular formula is C20H24O5.